The summed E-state index contributed by atoms with van der Waals surface area (Å²) >= 11 is 1.46. The van der Waals surface area contributed by atoms with Gasteiger partial charge in [-0.05, 0) is 13.8 Å². The van der Waals surface area contributed by atoms with Crippen LogP contribution in [0.1, 0.15) is 19.5 Å². The summed E-state index contributed by atoms with van der Waals surface area (Å²) in [6.45, 7) is 8.69. The number of anilines is 1. The standard InChI is InChI=1S/C15H24N4O3S.2ClH/c1-10-6-19(7-11(2)22-10)8-12-9-23-15(17-12)18-14(20)13-5-16-3-4-21-13;;/h9-11,13,16H,3-8H2,1-2H3,(H,17,18,20);2*1H. The van der Waals surface area contributed by atoms with Crippen molar-refractivity contribution < 1.29 is 14.3 Å². The number of carbonyl (C=O) groups is 1. The molecular weight excluding hydrogens is 387 g/mol. The lowest BCUT2D eigenvalue weighted by Gasteiger charge is -2.34. The maximum atomic E-state index is 12.1. The summed E-state index contributed by atoms with van der Waals surface area (Å²) in [5.41, 5.74) is 0.981. The Balaban J connectivity index is 0.00000156. The van der Waals surface area contributed by atoms with Gasteiger partial charge in [-0.25, -0.2) is 4.98 Å². The molecular formula is C15H26Cl2N4O3S. The molecule has 10 heteroatoms. The van der Waals surface area contributed by atoms with Crippen LogP contribution in [0.4, 0.5) is 5.13 Å². The van der Waals surface area contributed by atoms with Gasteiger partial charge in [0.2, 0.25) is 0 Å². The number of morpholine rings is 2. The molecule has 3 atom stereocenters. The van der Waals surface area contributed by atoms with Gasteiger partial charge in [0.15, 0.2) is 5.13 Å². The first-order valence-corrected chi connectivity index (χ1v) is 8.93. The number of nitrogens with one attached hydrogen (secondary N) is 2. The van der Waals surface area contributed by atoms with E-state index in [1.165, 1.54) is 11.3 Å². The van der Waals surface area contributed by atoms with Crippen molar-refractivity contribution in [3.05, 3.63) is 11.1 Å². The molecule has 3 heterocycles. The van der Waals surface area contributed by atoms with Crippen molar-refractivity contribution in [3.63, 3.8) is 0 Å². The smallest absolute Gasteiger partial charge is 0.256 e. The third-order valence-electron chi connectivity index (χ3n) is 3.88. The van der Waals surface area contributed by atoms with Crippen molar-refractivity contribution in [2.45, 2.75) is 38.7 Å². The van der Waals surface area contributed by atoms with E-state index in [4.69, 9.17) is 9.47 Å². The van der Waals surface area contributed by atoms with Crippen LogP contribution in [0.3, 0.4) is 0 Å². The third-order valence-corrected chi connectivity index (χ3v) is 4.69. The summed E-state index contributed by atoms with van der Waals surface area (Å²) < 4.78 is 11.2. The second-order valence-electron chi connectivity index (χ2n) is 6.15. The van der Waals surface area contributed by atoms with Crippen LogP contribution in [-0.2, 0) is 20.8 Å². The minimum atomic E-state index is -0.433. The van der Waals surface area contributed by atoms with Crippen LogP contribution in [0.5, 0.6) is 0 Å². The molecule has 0 spiro atoms. The molecule has 0 radical (unpaired) electrons. The monoisotopic (exact) mass is 412 g/mol. The summed E-state index contributed by atoms with van der Waals surface area (Å²) in [6.07, 6.45) is 0.0528. The fourth-order valence-electron chi connectivity index (χ4n) is 3.00. The molecule has 0 saturated carbocycles. The molecule has 2 N–H and O–H groups in total. The molecule has 1 aromatic heterocycles. The number of aromatic nitrogens is 1. The van der Waals surface area contributed by atoms with Crippen LogP contribution < -0.4 is 10.6 Å². The number of hydrogen-bond donors (Lipinski definition) is 2. The van der Waals surface area contributed by atoms with E-state index in [0.717, 1.165) is 31.9 Å². The van der Waals surface area contributed by atoms with Gasteiger partial charge in [0.05, 0.1) is 24.5 Å². The molecule has 2 fully saturated rings. The zero-order valence-electron chi connectivity index (χ0n) is 14.4. The fourth-order valence-corrected chi connectivity index (χ4v) is 3.70. The van der Waals surface area contributed by atoms with Gasteiger partial charge in [-0.2, -0.15) is 0 Å². The van der Waals surface area contributed by atoms with Crippen LogP contribution in [0, 0.1) is 0 Å². The van der Waals surface area contributed by atoms with Crippen LogP contribution >= 0.6 is 36.2 Å². The highest BCUT2D eigenvalue weighted by atomic mass is 35.5. The number of carbonyl (C=O) groups excluding carboxylic acids is 1. The van der Waals surface area contributed by atoms with Gasteiger partial charge >= 0.3 is 0 Å². The van der Waals surface area contributed by atoms with E-state index in [9.17, 15) is 4.79 Å². The summed E-state index contributed by atoms with van der Waals surface area (Å²) in [6, 6.07) is 0. The van der Waals surface area contributed by atoms with Crippen molar-refractivity contribution in [2.75, 3.05) is 38.1 Å². The summed E-state index contributed by atoms with van der Waals surface area (Å²) in [4.78, 5) is 19.0. The third kappa shape index (κ3) is 6.63. The first-order chi connectivity index (χ1) is 11.1. The molecule has 2 saturated heterocycles. The Bertz CT molecular complexity index is 533. The maximum Gasteiger partial charge on any atom is 0.256 e. The lowest BCUT2D eigenvalue weighted by molar-refractivity contribution is -0.128. The first-order valence-electron chi connectivity index (χ1n) is 8.05. The molecule has 3 rings (SSSR count). The highest BCUT2D eigenvalue weighted by Gasteiger charge is 2.24. The first kappa shape index (κ1) is 22.6. The van der Waals surface area contributed by atoms with Crippen LogP contribution in [0.2, 0.25) is 0 Å². The van der Waals surface area contributed by atoms with Gasteiger partial charge < -0.3 is 14.8 Å². The zero-order valence-corrected chi connectivity index (χ0v) is 16.8. The molecule has 0 aromatic carbocycles. The Morgan fingerprint density at radius 1 is 1.40 bits per heavy atom. The number of nitrogens with zero attached hydrogens (tertiary/aromatic N) is 2. The number of ether oxygens (including phenoxy) is 2. The Hall–Kier alpha value is -0.480. The summed E-state index contributed by atoms with van der Waals surface area (Å²) in [7, 11) is 0. The van der Waals surface area contributed by atoms with Gasteiger partial charge in [0, 0.05) is 38.1 Å². The highest BCUT2D eigenvalue weighted by molar-refractivity contribution is 7.13. The molecule has 7 nitrogen and oxygen atoms in total. The minimum absolute atomic E-state index is 0. The van der Waals surface area contributed by atoms with E-state index in [1.807, 2.05) is 5.38 Å². The fraction of sp³-hybridized carbons (Fsp3) is 0.733. The van der Waals surface area contributed by atoms with E-state index in [1.54, 1.807) is 0 Å². The molecule has 3 unspecified atom stereocenters. The normalized spacial score (nSPS) is 27.0. The van der Waals surface area contributed by atoms with Gasteiger partial charge in [0.1, 0.15) is 6.10 Å². The van der Waals surface area contributed by atoms with Crippen molar-refractivity contribution >= 4 is 47.2 Å². The molecule has 2 aliphatic rings. The van der Waals surface area contributed by atoms with Crippen molar-refractivity contribution in [2.24, 2.45) is 0 Å². The Morgan fingerprint density at radius 3 is 2.76 bits per heavy atom. The van der Waals surface area contributed by atoms with Crippen LogP contribution in [0.15, 0.2) is 5.38 Å². The zero-order chi connectivity index (χ0) is 16.2. The van der Waals surface area contributed by atoms with Crippen LogP contribution in [-0.4, -0.2) is 66.9 Å². The molecule has 2 aliphatic heterocycles. The van der Waals surface area contributed by atoms with E-state index < -0.39 is 6.10 Å². The Morgan fingerprint density at radius 2 is 2.12 bits per heavy atom. The van der Waals surface area contributed by atoms with Gasteiger partial charge in [-0.15, -0.1) is 36.2 Å². The Labute approximate surface area is 164 Å². The molecule has 0 aliphatic carbocycles. The minimum Gasteiger partial charge on any atom is -0.373 e. The quantitative estimate of drug-likeness (QED) is 0.780. The van der Waals surface area contributed by atoms with Crippen molar-refractivity contribution in [1.82, 2.24) is 15.2 Å². The predicted molar refractivity (Wildman–Crippen MR) is 103 cm³/mol. The van der Waals surface area contributed by atoms with Crippen LogP contribution in [0.25, 0.3) is 0 Å². The average molecular weight is 413 g/mol. The molecule has 1 amide bonds. The van der Waals surface area contributed by atoms with Gasteiger partial charge in [0.25, 0.3) is 5.91 Å². The molecule has 0 bridgehead atoms. The molecule has 25 heavy (non-hydrogen) atoms. The maximum absolute atomic E-state index is 12.1. The number of thiazole rings is 1. The lowest BCUT2D eigenvalue weighted by atomic mass is 10.2. The Kier molecular flexibility index (Phi) is 9.58. The van der Waals surface area contributed by atoms with E-state index in [2.05, 4.69) is 34.4 Å². The predicted octanol–water partition coefficient (Wildman–Crippen LogP) is 1.52. The highest BCUT2D eigenvalue weighted by Crippen LogP contribution is 2.19. The van der Waals surface area contributed by atoms with E-state index in [0.29, 0.717) is 18.3 Å². The van der Waals surface area contributed by atoms with E-state index in [-0.39, 0.29) is 42.9 Å². The average Bonchev–Trinajstić information content (AvgIpc) is 2.94. The number of amides is 1. The van der Waals surface area contributed by atoms with E-state index >= 15 is 0 Å². The molecule has 1 aromatic rings. The summed E-state index contributed by atoms with van der Waals surface area (Å²) in [5, 5.41) is 8.63. The largest absolute Gasteiger partial charge is 0.373 e. The SMILES string of the molecule is CC1CN(Cc2csc(NC(=O)C3CNCCO3)n2)CC(C)O1.Cl.Cl. The topological polar surface area (TPSA) is 75.7 Å². The number of hydrogen-bond acceptors (Lipinski definition) is 7. The van der Waals surface area contributed by atoms with Crippen molar-refractivity contribution in [1.29, 1.82) is 0 Å². The second-order valence-corrected chi connectivity index (χ2v) is 7.01. The molecule has 144 valence electrons. The lowest BCUT2D eigenvalue weighted by Crippen LogP contribution is -2.45. The summed E-state index contributed by atoms with van der Waals surface area (Å²) in [5.74, 6) is -0.133. The number of halogens is 2. The number of rotatable bonds is 4. The second kappa shape index (κ2) is 10.6. The van der Waals surface area contributed by atoms with Gasteiger partial charge in [-0.3, -0.25) is 15.0 Å². The van der Waals surface area contributed by atoms with Gasteiger partial charge in [-0.1, -0.05) is 0 Å². The van der Waals surface area contributed by atoms with Crippen molar-refractivity contribution in [3.8, 4) is 0 Å².